The molecule has 3 aromatic heterocycles. The predicted octanol–water partition coefficient (Wildman–Crippen LogP) is 5.86. The Balaban J connectivity index is 1.67. The fraction of sp³-hybridized carbons (Fsp3) is 0.0769. The van der Waals surface area contributed by atoms with Gasteiger partial charge in [0, 0.05) is 22.7 Å². The van der Waals surface area contributed by atoms with Crippen molar-refractivity contribution in [3.8, 4) is 27.6 Å². The molecular weight excluding hydrogens is 418 g/mol. The average Bonchev–Trinajstić information content (AvgIpc) is 3.41. The maximum Gasteiger partial charge on any atom is 0.211 e. The summed E-state index contributed by atoms with van der Waals surface area (Å²) >= 11 is 1.50. The number of methoxy groups -OCH3 is 1. The summed E-state index contributed by atoms with van der Waals surface area (Å²) in [7, 11) is 1.65. The Labute approximate surface area is 189 Å². The molecule has 0 unspecified atom stereocenters. The lowest BCUT2D eigenvalue weighted by Gasteiger charge is -2.05. The van der Waals surface area contributed by atoms with Gasteiger partial charge in [0.1, 0.15) is 16.5 Å². The van der Waals surface area contributed by atoms with Crippen LogP contribution in [0.3, 0.4) is 0 Å². The SMILES string of the molecule is COc1ccccc1-c1csc(-c2c(N)c(C(=O)c3ccc(C)cc3)n3ccccc23)n1. The van der Waals surface area contributed by atoms with E-state index in [0.29, 0.717) is 16.9 Å². The predicted molar refractivity (Wildman–Crippen MR) is 130 cm³/mol. The Kier molecular flexibility index (Phi) is 4.99. The number of anilines is 1. The van der Waals surface area contributed by atoms with E-state index in [1.54, 1.807) is 7.11 Å². The van der Waals surface area contributed by atoms with Gasteiger partial charge in [-0.15, -0.1) is 11.3 Å². The van der Waals surface area contributed by atoms with Gasteiger partial charge >= 0.3 is 0 Å². The molecule has 0 spiro atoms. The van der Waals surface area contributed by atoms with E-state index in [1.165, 1.54) is 11.3 Å². The second kappa shape index (κ2) is 7.98. The minimum absolute atomic E-state index is 0.114. The number of aryl methyl sites for hydroxylation is 1. The summed E-state index contributed by atoms with van der Waals surface area (Å²) in [6.45, 7) is 2.00. The van der Waals surface area contributed by atoms with Crippen LogP contribution in [0, 0.1) is 6.92 Å². The second-order valence-corrected chi connectivity index (χ2v) is 8.38. The van der Waals surface area contributed by atoms with Crippen molar-refractivity contribution >= 4 is 28.3 Å². The number of ether oxygens (including phenoxy) is 1. The van der Waals surface area contributed by atoms with Crippen LogP contribution in [-0.2, 0) is 0 Å². The summed E-state index contributed by atoms with van der Waals surface area (Å²) in [5, 5.41) is 2.75. The van der Waals surface area contributed by atoms with E-state index in [1.807, 2.05) is 89.6 Å². The molecule has 0 aliphatic carbocycles. The van der Waals surface area contributed by atoms with Crippen molar-refractivity contribution in [2.45, 2.75) is 6.92 Å². The van der Waals surface area contributed by atoms with Crippen molar-refractivity contribution in [2.75, 3.05) is 12.8 Å². The van der Waals surface area contributed by atoms with Gasteiger partial charge in [0.2, 0.25) is 5.78 Å². The van der Waals surface area contributed by atoms with E-state index in [4.69, 9.17) is 15.5 Å². The number of nitrogens with two attached hydrogens (primary N) is 1. The van der Waals surface area contributed by atoms with Crippen LogP contribution in [0.15, 0.2) is 78.3 Å². The molecule has 5 aromatic rings. The number of carbonyl (C=O) groups is 1. The summed E-state index contributed by atoms with van der Waals surface area (Å²) in [4.78, 5) is 18.3. The normalized spacial score (nSPS) is 11.1. The molecule has 0 aliphatic heterocycles. The highest BCUT2D eigenvalue weighted by Crippen LogP contribution is 2.40. The van der Waals surface area contributed by atoms with Gasteiger partial charge in [0.15, 0.2) is 0 Å². The molecule has 32 heavy (non-hydrogen) atoms. The van der Waals surface area contributed by atoms with Crippen LogP contribution in [0.1, 0.15) is 21.6 Å². The molecule has 2 aromatic carbocycles. The van der Waals surface area contributed by atoms with E-state index in [0.717, 1.165) is 38.7 Å². The third-order valence-corrected chi connectivity index (χ3v) is 6.37. The van der Waals surface area contributed by atoms with Gasteiger partial charge < -0.3 is 14.9 Å². The molecule has 2 N–H and O–H groups in total. The molecule has 0 saturated heterocycles. The number of carbonyl (C=O) groups excluding carboxylic acids is 1. The number of ketones is 1. The van der Waals surface area contributed by atoms with Crippen LogP contribution in [-0.4, -0.2) is 22.3 Å². The number of para-hydroxylation sites is 1. The molecule has 0 bridgehead atoms. The third-order valence-electron chi connectivity index (χ3n) is 5.51. The minimum atomic E-state index is -0.114. The Morgan fingerprint density at radius 3 is 2.56 bits per heavy atom. The standard InChI is InChI=1S/C26H21N3O2S/c1-16-10-12-17(13-11-16)25(30)24-23(27)22(20-8-5-6-14-29(20)24)26-28-19(15-32-26)18-7-3-4-9-21(18)31-2/h3-15H,27H2,1-2H3. The van der Waals surface area contributed by atoms with Crippen molar-refractivity contribution < 1.29 is 9.53 Å². The fourth-order valence-electron chi connectivity index (χ4n) is 3.89. The molecule has 0 atom stereocenters. The van der Waals surface area contributed by atoms with Gasteiger partial charge in [-0.2, -0.15) is 0 Å². The first-order valence-corrected chi connectivity index (χ1v) is 11.1. The van der Waals surface area contributed by atoms with Crippen LogP contribution < -0.4 is 10.5 Å². The monoisotopic (exact) mass is 439 g/mol. The summed E-state index contributed by atoms with van der Waals surface area (Å²) in [5.74, 6) is 0.644. The van der Waals surface area contributed by atoms with Gasteiger partial charge in [0.25, 0.3) is 0 Å². The zero-order valence-electron chi connectivity index (χ0n) is 17.7. The molecule has 0 saturated carbocycles. The molecule has 5 rings (SSSR count). The van der Waals surface area contributed by atoms with Crippen molar-refractivity contribution in [1.29, 1.82) is 0 Å². The molecular formula is C26H21N3O2S. The van der Waals surface area contributed by atoms with E-state index >= 15 is 0 Å². The topological polar surface area (TPSA) is 69.6 Å². The van der Waals surface area contributed by atoms with Gasteiger partial charge in [-0.1, -0.05) is 48.0 Å². The Morgan fingerprint density at radius 2 is 1.78 bits per heavy atom. The number of rotatable bonds is 5. The lowest BCUT2D eigenvalue weighted by molar-refractivity contribution is 0.103. The number of nitrogens with zero attached hydrogens (tertiary/aromatic N) is 2. The highest BCUT2D eigenvalue weighted by Gasteiger charge is 2.25. The number of benzene rings is 2. The molecule has 6 heteroatoms. The molecule has 3 heterocycles. The van der Waals surface area contributed by atoms with Crippen molar-refractivity contribution in [3.05, 3.63) is 95.1 Å². The van der Waals surface area contributed by atoms with Gasteiger partial charge in [-0.25, -0.2) is 4.98 Å². The molecule has 0 radical (unpaired) electrons. The molecule has 0 fully saturated rings. The van der Waals surface area contributed by atoms with Crippen molar-refractivity contribution in [2.24, 2.45) is 0 Å². The molecule has 0 aliphatic rings. The van der Waals surface area contributed by atoms with Crippen LogP contribution in [0.4, 0.5) is 5.69 Å². The minimum Gasteiger partial charge on any atom is -0.496 e. The third kappa shape index (κ3) is 3.25. The lowest BCUT2D eigenvalue weighted by atomic mass is 10.1. The summed E-state index contributed by atoms with van der Waals surface area (Å²) in [5.41, 5.74) is 12.5. The van der Waals surface area contributed by atoms with Crippen molar-refractivity contribution in [3.63, 3.8) is 0 Å². The Hall–Kier alpha value is -3.90. The molecule has 0 amide bonds. The van der Waals surface area contributed by atoms with E-state index in [9.17, 15) is 4.79 Å². The number of aromatic nitrogens is 2. The quantitative estimate of drug-likeness (QED) is 0.348. The van der Waals surface area contributed by atoms with Crippen LogP contribution >= 0.6 is 11.3 Å². The second-order valence-electron chi connectivity index (χ2n) is 7.53. The Bertz CT molecular complexity index is 1450. The van der Waals surface area contributed by atoms with Gasteiger partial charge in [-0.05, 0) is 31.2 Å². The van der Waals surface area contributed by atoms with Crippen molar-refractivity contribution in [1.82, 2.24) is 9.38 Å². The number of hydrogen-bond donors (Lipinski definition) is 1. The van der Waals surface area contributed by atoms with E-state index in [2.05, 4.69) is 0 Å². The maximum atomic E-state index is 13.4. The van der Waals surface area contributed by atoms with Crippen LogP contribution in [0.5, 0.6) is 5.75 Å². The first-order valence-electron chi connectivity index (χ1n) is 10.2. The summed E-state index contributed by atoms with van der Waals surface area (Å²) in [6, 6.07) is 21.1. The largest absolute Gasteiger partial charge is 0.496 e. The smallest absolute Gasteiger partial charge is 0.211 e. The van der Waals surface area contributed by atoms with Crippen LogP contribution in [0.25, 0.3) is 27.3 Å². The molecule has 5 nitrogen and oxygen atoms in total. The number of pyridine rings is 1. The number of nitrogen functional groups attached to an aromatic ring is 1. The number of hydrogen-bond acceptors (Lipinski definition) is 5. The zero-order chi connectivity index (χ0) is 22.2. The van der Waals surface area contributed by atoms with Gasteiger partial charge in [0.05, 0.1) is 29.6 Å². The summed E-state index contributed by atoms with van der Waals surface area (Å²) in [6.07, 6.45) is 1.87. The number of thiazole rings is 1. The number of fused-ring (bicyclic) bond motifs is 1. The van der Waals surface area contributed by atoms with E-state index in [-0.39, 0.29) is 5.78 Å². The molecule has 158 valence electrons. The first-order chi connectivity index (χ1) is 15.6. The highest BCUT2D eigenvalue weighted by atomic mass is 32.1. The maximum absolute atomic E-state index is 13.4. The first kappa shape index (κ1) is 20.0. The van der Waals surface area contributed by atoms with Crippen LogP contribution in [0.2, 0.25) is 0 Å². The average molecular weight is 440 g/mol. The highest BCUT2D eigenvalue weighted by molar-refractivity contribution is 7.13. The van der Waals surface area contributed by atoms with E-state index < -0.39 is 0 Å². The lowest BCUT2D eigenvalue weighted by Crippen LogP contribution is -2.08. The van der Waals surface area contributed by atoms with Gasteiger partial charge in [-0.3, -0.25) is 4.79 Å². The zero-order valence-corrected chi connectivity index (χ0v) is 18.5. The summed E-state index contributed by atoms with van der Waals surface area (Å²) < 4.78 is 7.35. The fourth-order valence-corrected chi connectivity index (χ4v) is 4.78. The Morgan fingerprint density at radius 1 is 1.03 bits per heavy atom.